The zero-order chi connectivity index (χ0) is 14.0. The molecule has 0 bridgehead atoms. The average Bonchev–Trinajstić information content (AvgIpc) is 2.36. The van der Waals surface area contributed by atoms with Crippen molar-refractivity contribution in [2.75, 3.05) is 11.1 Å². The summed E-state index contributed by atoms with van der Waals surface area (Å²) in [6, 6.07) is 10.3. The lowest BCUT2D eigenvalue weighted by molar-refractivity contribution is 0.102. The van der Waals surface area contributed by atoms with Crippen LogP contribution in [0.3, 0.4) is 0 Å². The van der Waals surface area contributed by atoms with Crippen molar-refractivity contribution < 1.29 is 4.79 Å². The van der Waals surface area contributed by atoms with Crippen LogP contribution in [0.15, 0.2) is 45.3 Å². The molecule has 3 nitrogen and oxygen atoms in total. The van der Waals surface area contributed by atoms with Crippen molar-refractivity contribution in [2.45, 2.75) is 0 Å². The highest BCUT2D eigenvalue weighted by Crippen LogP contribution is 2.26. The number of hydrogen-bond donors (Lipinski definition) is 2. The van der Waals surface area contributed by atoms with Crippen LogP contribution in [0, 0.1) is 0 Å². The van der Waals surface area contributed by atoms with E-state index in [0.717, 1.165) is 4.47 Å². The Labute approximate surface area is 132 Å². The zero-order valence-electron chi connectivity index (χ0n) is 9.58. The van der Waals surface area contributed by atoms with Gasteiger partial charge in [0.05, 0.1) is 10.6 Å². The third-order valence-corrected chi connectivity index (χ3v) is 4.14. The molecule has 0 saturated heterocycles. The Morgan fingerprint density at radius 1 is 1.16 bits per heavy atom. The molecule has 3 N–H and O–H groups in total. The van der Waals surface area contributed by atoms with Gasteiger partial charge in [-0.15, -0.1) is 0 Å². The summed E-state index contributed by atoms with van der Waals surface area (Å²) in [7, 11) is 0. The van der Waals surface area contributed by atoms with Crippen molar-refractivity contribution >= 4 is 60.7 Å². The summed E-state index contributed by atoms with van der Waals surface area (Å²) in [6.45, 7) is 0. The topological polar surface area (TPSA) is 55.1 Å². The SMILES string of the molecule is Nc1ccc(Br)cc1C(=O)Nc1ccc(Cl)c(Br)c1. The number of anilines is 2. The summed E-state index contributed by atoms with van der Waals surface area (Å²) < 4.78 is 1.51. The van der Waals surface area contributed by atoms with E-state index in [1.807, 2.05) is 0 Å². The number of carbonyl (C=O) groups excluding carboxylic acids is 1. The van der Waals surface area contributed by atoms with Crippen molar-refractivity contribution in [3.8, 4) is 0 Å². The fourth-order valence-corrected chi connectivity index (χ4v) is 2.35. The van der Waals surface area contributed by atoms with Gasteiger partial charge >= 0.3 is 0 Å². The lowest BCUT2D eigenvalue weighted by Crippen LogP contribution is -2.14. The van der Waals surface area contributed by atoms with Crippen LogP contribution in [0.5, 0.6) is 0 Å². The van der Waals surface area contributed by atoms with Gasteiger partial charge in [0.1, 0.15) is 0 Å². The van der Waals surface area contributed by atoms with Crippen molar-refractivity contribution in [3.63, 3.8) is 0 Å². The molecule has 19 heavy (non-hydrogen) atoms. The van der Waals surface area contributed by atoms with Gasteiger partial charge in [-0.1, -0.05) is 27.5 Å². The fraction of sp³-hybridized carbons (Fsp3) is 0. The molecule has 0 unspecified atom stereocenters. The highest BCUT2D eigenvalue weighted by molar-refractivity contribution is 9.10. The molecular weight excluding hydrogens is 395 g/mol. The monoisotopic (exact) mass is 402 g/mol. The Morgan fingerprint density at radius 2 is 1.89 bits per heavy atom. The third kappa shape index (κ3) is 3.49. The largest absolute Gasteiger partial charge is 0.398 e. The van der Waals surface area contributed by atoms with Crippen molar-refractivity contribution in [1.29, 1.82) is 0 Å². The third-order valence-electron chi connectivity index (χ3n) is 2.44. The lowest BCUT2D eigenvalue weighted by atomic mass is 10.1. The van der Waals surface area contributed by atoms with E-state index in [2.05, 4.69) is 37.2 Å². The van der Waals surface area contributed by atoms with Crippen LogP contribution in [0.2, 0.25) is 5.02 Å². The number of hydrogen-bond acceptors (Lipinski definition) is 2. The van der Waals surface area contributed by atoms with Gasteiger partial charge in [0.25, 0.3) is 5.91 Å². The maximum absolute atomic E-state index is 12.1. The minimum absolute atomic E-state index is 0.270. The molecule has 0 radical (unpaired) electrons. The molecule has 0 spiro atoms. The van der Waals surface area contributed by atoms with Gasteiger partial charge in [0.2, 0.25) is 0 Å². The molecule has 98 valence electrons. The van der Waals surface area contributed by atoms with E-state index in [0.29, 0.717) is 26.4 Å². The Morgan fingerprint density at radius 3 is 2.58 bits per heavy atom. The van der Waals surface area contributed by atoms with E-state index in [-0.39, 0.29) is 5.91 Å². The van der Waals surface area contributed by atoms with E-state index < -0.39 is 0 Å². The molecule has 0 aliphatic rings. The molecule has 1 amide bonds. The first kappa shape index (κ1) is 14.4. The molecule has 0 aromatic heterocycles. The van der Waals surface area contributed by atoms with Crippen LogP contribution in [0.25, 0.3) is 0 Å². The molecular formula is C13H9Br2ClN2O. The van der Waals surface area contributed by atoms with Gasteiger partial charge in [0.15, 0.2) is 0 Å². The zero-order valence-corrected chi connectivity index (χ0v) is 13.5. The fourth-order valence-electron chi connectivity index (χ4n) is 1.50. The van der Waals surface area contributed by atoms with Gasteiger partial charge in [-0.25, -0.2) is 0 Å². The summed E-state index contributed by atoms with van der Waals surface area (Å²) in [4.78, 5) is 12.1. The second-order valence-corrected chi connectivity index (χ2v) is 5.99. The number of benzene rings is 2. The van der Waals surface area contributed by atoms with E-state index in [9.17, 15) is 4.79 Å². The van der Waals surface area contributed by atoms with Gasteiger partial charge in [-0.3, -0.25) is 4.79 Å². The molecule has 0 fully saturated rings. The van der Waals surface area contributed by atoms with E-state index >= 15 is 0 Å². The van der Waals surface area contributed by atoms with Crippen molar-refractivity contribution in [2.24, 2.45) is 0 Å². The average molecular weight is 404 g/mol. The second-order valence-electron chi connectivity index (χ2n) is 3.81. The normalized spacial score (nSPS) is 10.3. The first-order valence-electron chi connectivity index (χ1n) is 5.29. The van der Waals surface area contributed by atoms with Gasteiger partial charge < -0.3 is 11.1 Å². The molecule has 2 aromatic rings. The number of nitrogen functional groups attached to an aromatic ring is 1. The summed E-state index contributed by atoms with van der Waals surface area (Å²) >= 11 is 12.5. The maximum atomic E-state index is 12.1. The highest BCUT2D eigenvalue weighted by Gasteiger charge is 2.11. The summed E-state index contributed by atoms with van der Waals surface area (Å²) in [5, 5.41) is 3.35. The standard InChI is InChI=1S/C13H9Br2ClN2O/c14-7-1-4-12(17)9(5-7)13(19)18-8-2-3-11(16)10(15)6-8/h1-6H,17H2,(H,18,19). The minimum atomic E-state index is -0.270. The molecule has 0 aliphatic heterocycles. The summed E-state index contributed by atoms with van der Waals surface area (Å²) in [5.41, 5.74) is 7.27. The maximum Gasteiger partial charge on any atom is 0.257 e. The van der Waals surface area contributed by atoms with E-state index in [1.54, 1.807) is 36.4 Å². The molecule has 0 aliphatic carbocycles. The summed E-state index contributed by atoms with van der Waals surface area (Å²) in [5.74, 6) is -0.270. The summed E-state index contributed by atoms with van der Waals surface area (Å²) in [6.07, 6.45) is 0. The van der Waals surface area contributed by atoms with Crippen LogP contribution in [0.1, 0.15) is 10.4 Å². The van der Waals surface area contributed by atoms with Gasteiger partial charge in [0, 0.05) is 20.3 Å². The van der Waals surface area contributed by atoms with Crippen LogP contribution < -0.4 is 11.1 Å². The number of carbonyl (C=O) groups is 1. The number of nitrogens with two attached hydrogens (primary N) is 1. The first-order valence-corrected chi connectivity index (χ1v) is 7.25. The lowest BCUT2D eigenvalue weighted by Gasteiger charge is -2.09. The van der Waals surface area contributed by atoms with Gasteiger partial charge in [-0.2, -0.15) is 0 Å². The molecule has 0 atom stereocenters. The first-order chi connectivity index (χ1) is 8.97. The Bertz CT molecular complexity index is 647. The number of rotatable bonds is 2. The second kappa shape index (κ2) is 5.94. The smallest absolute Gasteiger partial charge is 0.257 e. The highest BCUT2D eigenvalue weighted by atomic mass is 79.9. The van der Waals surface area contributed by atoms with Gasteiger partial charge in [-0.05, 0) is 52.3 Å². The quantitative estimate of drug-likeness (QED) is 0.713. The molecule has 2 rings (SSSR count). The van der Waals surface area contributed by atoms with E-state index in [4.69, 9.17) is 17.3 Å². The molecule has 0 heterocycles. The van der Waals surface area contributed by atoms with Crippen LogP contribution in [0.4, 0.5) is 11.4 Å². The Balaban J connectivity index is 2.25. The van der Waals surface area contributed by atoms with E-state index in [1.165, 1.54) is 0 Å². The Hall–Kier alpha value is -1.04. The van der Waals surface area contributed by atoms with Crippen LogP contribution in [-0.2, 0) is 0 Å². The van der Waals surface area contributed by atoms with Crippen LogP contribution in [-0.4, -0.2) is 5.91 Å². The Kier molecular flexibility index (Phi) is 4.50. The molecule has 6 heteroatoms. The molecule has 2 aromatic carbocycles. The molecule has 0 saturated carbocycles. The predicted octanol–water partition coefficient (Wildman–Crippen LogP) is 4.70. The number of halogens is 3. The predicted molar refractivity (Wildman–Crippen MR) is 85.7 cm³/mol. The number of nitrogens with one attached hydrogen (secondary N) is 1. The van der Waals surface area contributed by atoms with Crippen molar-refractivity contribution in [1.82, 2.24) is 0 Å². The number of amides is 1. The van der Waals surface area contributed by atoms with Crippen LogP contribution >= 0.6 is 43.5 Å². The minimum Gasteiger partial charge on any atom is -0.398 e. The van der Waals surface area contributed by atoms with Crippen molar-refractivity contribution in [3.05, 3.63) is 55.9 Å².